The summed E-state index contributed by atoms with van der Waals surface area (Å²) >= 11 is 0. The number of hydrogen-bond donors (Lipinski definition) is 1. The van der Waals surface area contributed by atoms with Crippen molar-refractivity contribution in [3.8, 4) is 11.5 Å². The smallest absolute Gasteiger partial charge is 0.504 e. The van der Waals surface area contributed by atoms with Gasteiger partial charge >= 0.3 is 28.2 Å². The minimum Gasteiger partial charge on any atom is -0.504 e. The van der Waals surface area contributed by atoms with Crippen molar-refractivity contribution < 1.29 is 41.8 Å². The molecule has 4 nitrogen and oxygen atoms in total. The number of ketones is 1. The third-order valence-electron chi connectivity index (χ3n) is 4.17. The number of hydrogen-bond acceptors (Lipinski definition) is 3. The molecule has 0 amide bonds. The summed E-state index contributed by atoms with van der Waals surface area (Å²) in [4.78, 5) is 9.70. The van der Waals surface area contributed by atoms with Crippen LogP contribution in [0.15, 0.2) is 53.8 Å². The van der Waals surface area contributed by atoms with Crippen molar-refractivity contribution in [2.75, 3.05) is 14.2 Å². The number of methoxy groups -OCH3 is 2. The summed E-state index contributed by atoms with van der Waals surface area (Å²) < 4.78 is 10.4. The Balaban J connectivity index is 0.00000312. The van der Waals surface area contributed by atoms with Crippen molar-refractivity contribution >= 4 is 5.78 Å². The molecule has 5 heteroatoms. The molecule has 0 unspecified atom stereocenters. The zero-order chi connectivity index (χ0) is 17.7. The first-order valence-electron chi connectivity index (χ1n) is 7.88. The van der Waals surface area contributed by atoms with Crippen molar-refractivity contribution in [3.63, 3.8) is 0 Å². The van der Waals surface area contributed by atoms with E-state index in [9.17, 15) is 9.90 Å². The number of rotatable bonds is 6. The molecule has 0 aromatic heterocycles. The topological polar surface area (TPSA) is 60.1 Å². The standard InChI is InChI=1S/C20H23O4.Au/c1-5-16(15-7-9-18(22)20(12-15)24-4)13(2)10-14-6-8-17(21)19(11-14)23-3;/h5-13,16,22H,1-4H3;/q-1;+1/p+1/b14-10+;/t13-,16-;/m0./s1. The Morgan fingerprint density at radius 2 is 1.92 bits per heavy atom. The Labute approximate surface area is 164 Å². The monoisotopic (exact) mass is 525 g/mol. The fourth-order valence-corrected chi connectivity index (χ4v) is 2.91. The summed E-state index contributed by atoms with van der Waals surface area (Å²) in [6.07, 6.45) is 9.57. The van der Waals surface area contributed by atoms with E-state index < -0.39 is 0 Å². The maximum atomic E-state index is 9.77. The predicted octanol–water partition coefficient (Wildman–Crippen LogP) is 3.91. The first-order chi connectivity index (χ1) is 11.5. The number of carbonyl (C=O) groups excluding carboxylic acids is 1. The van der Waals surface area contributed by atoms with E-state index in [2.05, 4.69) is 19.4 Å². The molecule has 1 aromatic carbocycles. The van der Waals surface area contributed by atoms with E-state index in [1.165, 1.54) is 7.11 Å². The van der Waals surface area contributed by atoms with Crippen LogP contribution in [0.25, 0.3) is 0 Å². The van der Waals surface area contributed by atoms with Crippen LogP contribution in [0.1, 0.15) is 25.3 Å². The van der Waals surface area contributed by atoms with Gasteiger partial charge in [0.15, 0.2) is 11.5 Å². The van der Waals surface area contributed by atoms with Crippen molar-refractivity contribution in [3.05, 3.63) is 65.8 Å². The predicted molar refractivity (Wildman–Crippen MR) is 95.8 cm³/mol. The fourth-order valence-electron chi connectivity index (χ4n) is 2.91. The van der Waals surface area contributed by atoms with Crippen LogP contribution in [0, 0.1) is 12.3 Å². The summed E-state index contributed by atoms with van der Waals surface area (Å²) in [5, 5.41) is 9.77. The van der Waals surface area contributed by atoms with Crippen molar-refractivity contribution in [1.82, 2.24) is 0 Å². The molecule has 1 aromatic rings. The van der Waals surface area contributed by atoms with Crippen molar-refractivity contribution in [2.45, 2.75) is 19.8 Å². The molecule has 0 heterocycles. The molecule has 0 fully saturated rings. The van der Waals surface area contributed by atoms with E-state index in [0.717, 1.165) is 11.1 Å². The number of aromatic hydroxyl groups is 1. The SMILES string of the molecule is C[CH-][C@H](c1ccc(O)c(OC)c1)[C@@H](C)/C=C1\C=CC(=[OH+])C(OC)=C1.[Au+]. The van der Waals surface area contributed by atoms with Gasteiger partial charge in [0.1, 0.15) is 0 Å². The molecule has 0 saturated carbocycles. The van der Waals surface area contributed by atoms with Crippen LogP contribution in [0.5, 0.6) is 11.5 Å². The molecule has 0 radical (unpaired) electrons. The summed E-state index contributed by atoms with van der Waals surface area (Å²) in [5.74, 6) is 1.56. The Morgan fingerprint density at radius 3 is 2.52 bits per heavy atom. The minimum atomic E-state index is 0. The number of phenols is 1. The van der Waals surface area contributed by atoms with Crippen molar-refractivity contribution in [1.29, 1.82) is 0 Å². The Bertz CT molecular complexity index is 704. The third-order valence-corrected chi connectivity index (χ3v) is 4.17. The normalized spacial score (nSPS) is 17.5. The molecular weight excluding hydrogens is 501 g/mol. The molecule has 1 aliphatic rings. The number of ether oxygens (including phenoxy) is 2. The zero-order valence-corrected chi connectivity index (χ0v) is 17.0. The molecule has 0 aliphatic heterocycles. The zero-order valence-electron chi connectivity index (χ0n) is 14.8. The molecule has 0 saturated heterocycles. The van der Waals surface area contributed by atoms with Crippen molar-refractivity contribution in [2.24, 2.45) is 5.92 Å². The van der Waals surface area contributed by atoms with Crippen LogP contribution in [0.3, 0.4) is 0 Å². The minimum absolute atomic E-state index is 0. The largest absolute Gasteiger partial charge is 1.00 e. The van der Waals surface area contributed by atoms with Gasteiger partial charge in [-0.1, -0.05) is 24.6 Å². The van der Waals surface area contributed by atoms with E-state index in [4.69, 9.17) is 9.47 Å². The van der Waals surface area contributed by atoms with E-state index in [1.807, 2.05) is 31.2 Å². The molecular formula is C20H24AuO4+. The molecule has 2 atom stereocenters. The molecule has 2 rings (SSSR count). The first-order valence-corrected chi connectivity index (χ1v) is 7.88. The van der Waals surface area contributed by atoms with Crippen LogP contribution >= 0.6 is 0 Å². The Kier molecular flexibility index (Phi) is 8.23. The van der Waals surface area contributed by atoms with Crippen LogP contribution in [0.2, 0.25) is 0 Å². The molecule has 0 bridgehead atoms. The second-order valence-corrected chi connectivity index (χ2v) is 5.75. The van der Waals surface area contributed by atoms with Gasteiger partial charge in [-0.15, -0.1) is 5.92 Å². The van der Waals surface area contributed by atoms with Crippen LogP contribution in [-0.4, -0.2) is 29.9 Å². The van der Waals surface area contributed by atoms with Gasteiger partial charge < -0.3 is 21.0 Å². The summed E-state index contributed by atoms with van der Waals surface area (Å²) in [6, 6.07) is 5.42. The number of benzene rings is 1. The quantitative estimate of drug-likeness (QED) is 0.348. The van der Waals surface area contributed by atoms with Gasteiger partial charge in [0.25, 0.3) is 0 Å². The maximum Gasteiger partial charge on any atom is 1.00 e. The van der Waals surface area contributed by atoms with Gasteiger partial charge in [-0.05, 0) is 35.8 Å². The van der Waals surface area contributed by atoms with E-state index >= 15 is 0 Å². The molecule has 1 aliphatic carbocycles. The molecule has 0 spiro atoms. The average Bonchev–Trinajstić information content (AvgIpc) is 2.58. The van der Waals surface area contributed by atoms with E-state index in [0.29, 0.717) is 11.5 Å². The molecule has 138 valence electrons. The first kappa shape index (κ1) is 21.3. The van der Waals surface area contributed by atoms with Gasteiger partial charge in [-0.2, -0.15) is 6.92 Å². The van der Waals surface area contributed by atoms with E-state index in [-0.39, 0.29) is 45.7 Å². The van der Waals surface area contributed by atoms with Gasteiger partial charge in [0, 0.05) is 6.08 Å². The van der Waals surface area contributed by atoms with Crippen LogP contribution in [-0.2, 0) is 27.1 Å². The average molecular weight is 525 g/mol. The third kappa shape index (κ3) is 5.11. The number of allylic oxidation sites excluding steroid dienone is 5. The summed E-state index contributed by atoms with van der Waals surface area (Å²) in [6.45, 7) is 4.15. The van der Waals surface area contributed by atoms with Gasteiger partial charge in [-0.3, -0.25) is 4.79 Å². The van der Waals surface area contributed by atoms with Crippen LogP contribution in [0.4, 0.5) is 0 Å². The Hall–Kier alpha value is -1.75. The van der Waals surface area contributed by atoms with Crippen LogP contribution < -0.4 is 4.74 Å². The second kappa shape index (κ2) is 9.66. The fraction of sp³-hybridized carbons (Fsp3) is 0.300. The molecule has 25 heavy (non-hydrogen) atoms. The van der Waals surface area contributed by atoms with Gasteiger partial charge in [-0.25, -0.2) is 0 Å². The maximum absolute atomic E-state index is 9.77. The van der Waals surface area contributed by atoms with E-state index in [1.54, 1.807) is 19.3 Å². The second-order valence-electron chi connectivity index (χ2n) is 5.75. The Morgan fingerprint density at radius 1 is 1.20 bits per heavy atom. The van der Waals surface area contributed by atoms with Gasteiger partial charge in [0.2, 0.25) is 5.76 Å². The number of phenolic OH excluding ortho intramolecular Hbond substituents is 1. The van der Waals surface area contributed by atoms with Gasteiger partial charge in [0.05, 0.1) is 14.2 Å². The summed E-state index contributed by atoms with van der Waals surface area (Å²) in [7, 11) is 3.08. The summed E-state index contributed by atoms with van der Waals surface area (Å²) in [5.41, 5.74) is 2.05. The molecule has 2 N–H and O–H groups in total.